The van der Waals surface area contributed by atoms with E-state index in [0.29, 0.717) is 16.1 Å². The number of aryl methyl sites for hydroxylation is 1. The summed E-state index contributed by atoms with van der Waals surface area (Å²) in [5.41, 5.74) is 3.04. The molecule has 0 fully saturated rings. The minimum absolute atomic E-state index is 0.0407. The summed E-state index contributed by atoms with van der Waals surface area (Å²) in [7, 11) is 0. The second kappa shape index (κ2) is 6.57. The number of nitrogens with one attached hydrogen (secondary N) is 1. The highest BCUT2D eigenvalue weighted by Crippen LogP contribution is 2.26. The van der Waals surface area contributed by atoms with Crippen molar-refractivity contribution in [1.82, 2.24) is 4.98 Å². The number of hydrogen-bond donors (Lipinski definition) is 1. The molecule has 2 heterocycles. The largest absolute Gasteiger partial charge is 0.451 e. The third kappa shape index (κ3) is 3.14. The molecule has 0 aliphatic rings. The van der Waals surface area contributed by atoms with E-state index in [1.807, 2.05) is 36.6 Å². The highest BCUT2D eigenvalue weighted by atomic mass is 32.1. The third-order valence-electron chi connectivity index (χ3n) is 3.90. The number of carbonyl (C=O) groups is 1. The molecule has 0 aliphatic carbocycles. The van der Waals surface area contributed by atoms with Gasteiger partial charge in [-0.05, 0) is 25.1 Å². The smallest absolute Gasteiger partial charge is 0.293 e. The maximum atomic E-state index is 12.4. The van der Waals surface area contributed by atoms with Crippen LogP contribution in [0.15, 0.2) is 69.2 Å². The van der Waals surface area contributed by atoms with Gasteiger partial charge < -0.3 is 4.42 Å². The molecule has 0 unspecified atom stereocenters. The first-order valence-electron chi connectivity index (χ1n) is 7.97. The Bertz CT molecular complexity index is 1180. The third-order valence-corrected chi connectivity index (χ3v) is 4.65. The summed E-state index contributed by atoms with van der Waals surface area (Å²) in [6, 6.07) is 16.0. The fraction of sp³-hybridized carbons (Fsp3) is 0.0500. The van der Waals surface area contributed by atoms with E-state index in [-0.39, 0.29) is 11.2 Å². The fourth-order valence-corrected chi connectivity index (χ4v) is 3.36. The highest BCUT2D eigenvalue weighted by molar-refractivity contribution is 7.14. The summed E-state index contributed by atoms with van der Waals surface area (Å²) in [6.45, 7) is 2.01. The van der Waals surface area contributed by atoms with Gasteiger partial charge in [-0.15, -0.1) is 11.3 Å². The molecule has 128 valence electrons. The Hall–Kier alpha value is -3.25. The van der Waals surface area contributed by atoms with Gasteiger partial charge in [0, 0.05) is 17.0 Å². The van der Waals surface area contributed by atoms with E-state index >= 15 is 0 Å². The lowest BCUT2D eigenvalue weighted by molar-refractivity contribution is 0.0997. The number of thiazole rings is 1. The van der Waals surface area contributed by atoms with Crippen LogP contribution in [0.4, 0.5) is 5.13 Å². The van der Waals surface area contributed by atoms with Crippen LogP contribution >= 0.6 is 11.3 Å². The molecule has 1 N–H and O–H groups in total. The standard InChI is InChI=1S/C20H14N2O3S/c1-12-5-4-6-13(9-12)15-11-26-20(21-15)22-19(24)18-10-16(23)14-7-2-3-8-17(14)25-18/h2-11H,1H3,(H,21,22,24). The molecular weight excluding hydrogens is 348 g/mol. The number of fused-ring (bicyclic) bond motifs is 1. The van der Waals surface area contributed by atoms with Crippen molar-refractivity contribution in [2.24, 2.45) is 0 Å². The summed E-state index contributed by atoms with van der Waals surface area (Å²) >= 11 is 1.32. The normalized spacial score (nSPS) is 10.8. The summed E-state index contributed by atoms with van der Waals surface area (Å²) < 4.78 is 5.55. The van der Waals surface area contributed by atoms with Crippen molar-refractivity contribution >= 4 is 33.3 Å². The molecule has 0 aliphatic heterocycles. The second-order valence-electron chi connectivity index (χ2n) is 5.83. The Balaban J connectivity index is 1.60. The van der Waals surface area contributed by atoms with Gasteiger partial charge in [-0.25, -0.2) is 4.98 Å². The van der Waals surface area contributed by atoms with E-state index in [9.17, 15) is 9.59 Å². The molecule has 0 saturated heterocycles. The summed E-state index contributed by atoms with van der Waals surface area (Å²) in [6.07, 6.45) is 0. The second-order valence-corrected chi connectivity index (χ2v) is 6.69. The van der Waals surface area contributed by atoms with Crippen LogP contribution in [0.5, 0.6) is 0 Å². The monoisotopic (exact) mass is 362 g/mol. The number of carbonyl (C=O) groups excluding carboxylic acids is 1. The van der Waals surface area contributed by atoms with E-state index in [1.54, 1.807) is 24.3 Å². The average molecular weight is 362 g/mol. The Morgan fingerprint density at radius 1 is 1.12 bits per heavy atom. The molecule has 0 atom stereocenters. The van der Waals surface area contributed by atoms with Crippen molar-refractivity contribution in [3.8, 4) is 11.3 Å². The number of rotatable bonds is 3. The van der Waals surface area contributed by atoms with Crippen molar-refractivity contribution in [2.75, 3.05) is 5.32 Å². The molecule has 0 radical (unpaired) electrons. The zero-order chi connectivity index (χ0) is 18.1. The minimum Gasteiger partial charge on any atom is -0.451 e. The SMILES string of the molecule is Cc1cccc(-c2csc(NC(=O)c3cc(=O)c4ccccc4o3)n2)c1. The van der Waals surface area contributed by atoms with Gasteiger partial charge in [0.05, 0.1) is 11.1 Å². The fourth-order valence-electron chi connectivity index (χ4n) is 2.64. The van der Waals surface area contributed by atoms with E-state index in [1.165, 1.54) is 17.4 Å². The molecule has 0 spiro atoms. The minimum atomic E-state index is -0.502. The van der Waals surface area contributed by atoms with Crippen molar-refractivity contribution in [1.29, 1.82) is 0 Å². The van der Waals surface area contributed by atoms with Gasteiger partial charge >= 0.3 is 0 Å². The lowest BCUT2D eigenvalue weighted by Crippen LogP contribution is -2.14. The number of aromatic nitrogens is 1. The van der Waals surface area contributed by atoms with Crippen LogP contribution in [0.1, 0.15) is 16.1 Å². The molecule has 0 bridgehead atoms. The molecule has 5 nitrogen and oxygen atoms in total. The van der Waals surface area contributed by atoms with Gasteiger partial charge in [0.2, 0.25) is 0 Å². The van der Waals surface area contributed by atoms with Gasteiger partial charge in [-0.2, -0.15) is 0 Å². The average Bonchev–Trinajstić information content (AvgIpc) is 3.10. The predicted octanol–water partition coefficient (Wildman–Crippen LogP) is 4.48. The summed E-state index contributed by atoms with van der Waals surface area (Å²) in [5, 5.41) is 5.46. The molecular formula is C20H14N2O3S. The molecule has 0 saturated carbocycles. The first kappa shape index (κ1) is 16.2. The number of para-hydroxylation sites is 1. The van der Waals surface area contributed by atoms with E-state index in [2.05, 4.69) is 10.3 Å². The summed E-state index contributed by atoms with van der Waals surface area (Å²) in [4.78, 5) is 29.0. The molecule has 4 rings (SSSR count). The number of benzene rings is 2. The first-order chi connectivity index (χ1) is 12.6. The molecule has 6 heteroatoms. The van der Waals surface area contributed by atoms with Crippen LogP contribution in [0.2, 0.25) is 0 Å². The lowest BCUT2D eigenvalue weighted by atomic mass is 10.1. The van der Waals surface area contributed by atoms with Crippen LogP contribution in [0.25, 0.3) is 22.2 Å². The van der Waals surface area contributed by atoms with Crippen LogP contribution < -0.4 is 10.7 Å². The Kier molecular flexibility index (Phi) is 4.10. The topological polar surface area (TPSA) is 72.2 Å². The predicted molar refractivity (Wildman–Crippen MR) is 103 cm³/mol. The van der Waals surface area contributed by atoms with Crippen molar-refractivity contribution < 1.29 is 9.21 Å². The maximum Gasteiger partial charge on any atom is 0.293 e. The van der Waals surface area contributed by atoms with Crippen LogP contribution in [-0.2, 0) is 0 Å². The summed E-state index contributed by atoms with van der Waals surface area (Å²) in [5.74, 6) is -0.543. The van der Waals surface area contributed by atoms with Gasteiger partial charge in [0.15, 0.2) is 16.3 Å². The maximum absolute atomic E-state index is 12.4. The molecule has 26 heavy (non-hydrogen) atoms. The van der Waals surface area contributed by atoms with Crippen molar-refractivity contribution in [3.63, 3.8) is 0 Å². The Labute approximate surface area is 152 Å². The first-order valence-corrected chi connectivity index (χ1v) is 8.85. The zero-order valence-electron chi connectivity index (χ0n) is 13.9. The number of anilines is 1. The number of hydrogen-bond acceptors (Lipinski definition) is 5. The molecule has 2 aromatic carbocycles. The molecule has 2 aromatic heterocycles. The van der Waals surface area contributed by atoms with Gasteiger partial charge in [-0.1, -0.05) is 35.9 Å². The van der Waals surface area contributed by atoms with E-state index < -0.39 is 5.91 Å². The lowest BCUT2D eigenvalue weighted by Gasteiger charge is -2.03. The van der Waals surface area contributed by atoms with Crippen LogP contribution in [-0.4, -0.2) is 10.9 Å². The highest BCUT2D eigenvalue weighted by Gasteiger charge is 2.14. The Morgan fingerprint density at radius 3 is 2.81 bits per heavy atom. The van der Waals surface area contributed by atoms with Crippen molar-refractivity contribution in [2.45, 2.75) is 6.92 Å². The van der Waals surface area contributed by atoms with E-state index in [0.717, 1.165) is 16.8 Å². The molecule has 4 aromatic rings. The van der Waals surface area contributed by atoms with E-state index in [4.69, 9.17) is 4.42 Å². The van der Waals surface area contributed by atoms with Gasteiger partial charge in [-0.3, -0.25) is 14.9 Å². The zero-order valence-corrected chi connectivity index (χ0v) is 14.7. The molecule has 1 amide bonds. The van der Waals surface area contributed by atoms with Crippen LogP contribution in [0.3, 0.4) is 0 Å². The number of amides is 1. The van der Waals surface area contributed by atoms with Gasteiger partial charge in [0.25, 0.3) is 5.91 Å². The van der Waals surface area contributed by atoms with Gasteiger partial charge in [0.1, 0.15) is 5.58 Å². The van der Waals surface area contributed by atoms with Crippen molar-refractivity contribution in [3.05, 3.63) is 81.5 Å². The number of nitrogens with zero attached hydrogens (tertiary/aromatic N) is 1. The van der Waals surface area contributed by atoms with Crippen LogP contribution in [0, 0.1) is 6.92 Å². The quantitative estimate of drug-likeness (QED) is 0.583. The Morgan fingerprint density at radius 2 is 1.96 bits per heavy atom.